The number of halogens is 3. The zero-order chi connectivity index (χ0) is 20.3. The van der Waals surface area contributed by atoms with Gasteiger partial charge in [0.2, 0.25) is 16.4 Å². The minimum atomic E-state index is -4.04. The molecule has 1 saturated carbocycles. The molecule has 1 aromatic carbocycles. The first-order chi connectivity index (χ1) is 13.2. The molecule has 154 valence electrons. The van der Waals surface area contributed by atoms with Gasteiger partial charge in [-0.1, -0.05) is 0 Å². The zero-order valence-corrected chi connectivity index (χ0v) is 15.5. The van der Waals surface area contributed by atoms with E-state index in [9.17, 15) is 26.4 Å². The van der Waals surface area contributed by atoms with Crippen LogP contribution in [0.25, 0.3) is 11.0 Å². The van der Waals surface area contributed by atoms with Crippen LogP contribution in [0.3, 0.4) is 0 Å². The summed E-state index contributed by atoms with van der Waals surface area (Å²) in [6.45, 7) is -0.814. The smallest absolute Gasteiger partial charge is 0.318 e. The number of nitrogens with zero attached hydrogens (tertiary/aromatic N) is 2. The van der Waals surface area contributed by atoms with Crippen molar-refractivity contribution < 1.29 is 26.3 Å². The second kappa shape index (κ2) is 6.56. The van der Waals surface area contributed by atoms with E-state index in [1.165, 1.54) is 29.8 Å². The fraction of sp³-hybridized carbons (Fsp3) is 0.533. The first-order valence-electron chi connectivity index (χ1n) is 8.43. The largest absolute Gasteiger partial charge is 0.332 e. The summed E-state index contributed by atoms with van der Waals surface area (Å²) in [5.74, 6) is 0. The van der Waals surface area contributed by atoms with Crippen LogP contribution in [0, 0.1) is 0 Å². The normalized spacial score (nSPS) is 24.3. The van der Waals surface area contributed by atoms with Gasteiger partial charge in [0.15, 0.2) is 6.23 Å². The topological polar surface area (TPSA) is 106 Å². The minimum absolute atomic E-state index is 0.162. The molecule has 1 aliphatic carbocycles. The van der Waals surface area contributed by atoms with Crippen molar-refractivity contribution in [3.63, 3.8) is 0 Å². The zero-order valence-electron chi connectivity index (χ0n) is 14.7. The van der Waals surface area contributed by atoms with Crippen molar-refractivity contribution in [1.29, 1.82) is 0 Å². The third-order valence-corrected chi connectivity index (χ3v) is 6.50. The Morgan fingerprint density at radius 3 is 2.61 bits per heavy atom. The predicted molar refractivity (Wildman–Crippen MR) is 91.6 cm³/mol. The van der Waals surface area contributed by atoms with Gasteiger partial charge in [-0.05, 0) is 31.0 Å². The number of rotatable bonds is 6. The molecular formula is C15H18F3N5O4S. The van der Waals surface area contributed by atoms with Gasteiger partial charge in [-0.2, -0.15) is 0 Å². The first kappa shape index (κ1) is 19.4. The number of alkyl halides is 3. The molecule has 2 unspecified atom stereocenters. The minimum Gasteiger partial charge on any atom is -0.318 e. The van der Waals surface area contributed by atoms with Crippen LogP contribution in [0.15, 0.2) is 27.9 Å². The Balaban J connectivity index is 1.76. The first-order valence-corrected chi connectivity index (χ1v) is 9.91. The molecule has 0 radical (unpaired) electrons. The maximum atomic E-state index is 13.1. The molecule has 1 saturated heterocycles. The third kappa shape index (κ3) is 3.12. The average molecular weight is 421 g/mol. The number of fused-ring (bicyclic) bond motifs is 1. The number of imidazole rings is 1. The van der Waals surface area contributed by atoms with Gasteiger partial charge in [-0.25, -0.2) is 42.0 Å². The van der Waals surface area contributed by atoms with Crippen molar-refractivity contribution in [2.45, 2.75) is 42.3 Å². The van der Waals surface area contributed by atoms with E-state index in [0.29, 0.717) is 18.4 Å². The van der Waals surface area contributed by atoms with Crippen LogP contribution in [0.2, 0.25) is 0 Å². The lowest BCUT2D eigenvalue weighted by molar-refractivity contribution is -0.0807. The molecule has 2 atom stereocenters. The number of benzene rings is 1. The molecule has 4 rings (SSSR count). The van der Waals surface area contributed by atoms with Crippen LogP contribution in [-0.2, 0) is 21.8 Å². The lowest BCUT2D eigenvalue weighted by Crippen LogP contribution is -2.38. The van der Waals surface area contributed by atoms with E-state index < -0.39 is 46.9 Å². The molecule has 13 heteroatoms. The number of nitrogens with one attached hydrogen (secondary N) is 3. The monoisotopic (exact) mass is 421 g/mol. The number of aryl methyl sites for hydroxylation is 1. The molecule has 3 N–H and O–H groups in total. The van der Waals surface area contributed by atoms with Crippen molar-refractivity contribution in [3.05, 3.63) is 28.7 Å². The van der Waals surface area contributed by atoms with Crippen LogP contribution >= 0.6 is 0 Å². The third-order valence-electron chi connectivity index (χ3n) is 4.92. The van der Waals surface area contributed by atoms with Crippen LogP contribution in [0.1, 0.15) is 19.2 Å². The van der Waals surface area contributed by atoms with E-state index in [2.05, 4.69) is 15.6 Å². The summed E-state index contributed by atoms with van der Waals surface area (Å²) < 4.78 is 73.7. The van der Waals surface area contributed by atoms with Crippen molar-refractivity contribution in [3.8, 4) is 0 Å². The molecule has 0 spiro atoms. The highest BCUT2D eigenvalue weighted by Gasteiger charge is 2.46. The molecule has 28 heavy (non-hydrogen) atoms. The molecule has 1 aliphatic heterocycles. The number of hydrogen-bond acceptors (Lipinski definition) is 6. The molecule has 0 amide bonds. The highest BCUT2D eigenvalue weighted by molar-refractivity contribution is 7.89. The van der Waals surface area contributed by atoms with Crippen LogP contribution < -0.4 is 21.3 Å². The fourth-order valence-corrected chi connectivity index (χ4v) is 4.57. The van der Waals surface area contributed by atoms with Gasteiger partial charge in [-0.15, -0.1) is 0 Å². The lowest BCUT2D eigenvalue weighted by atomic mass is 10.3. The maximum Gasteiger partial charge on any atom is 0.332 e. The van der Waals surface area contributed by atoms with Crippen LogP contribution in [0.4, 0.5) is 13.2 Å². The van der Waals surface area contributed by atoms with Gasteiger partial charge < -0.3 is 4.74 Å². The molecule has 2 heterocycles. The lowest BCUT2D eigenvalue weighted by Gasteiger charge is -2.15. The predicted octanol–water partition coefficient (Wildman–Crippen LogP) is 0.292. The second-order valence-electron chi connectivity index (χ2n) is 6.91. The molecule has 2 aliphatic rings. The number of hydrogen-bond donors (Lipinski definition) is 3. The quantitative estimate of drug-likeness (QED) is 0.619. The van der Waals surface area contributed by atoms with E-state index in [-0.39, 0.29) is 10.4 Å². The van der Waals surface area contributed by atoms with Crippen molar-refractivity contribution in [2.75, 3.05) is 6.67 Å². The standard InChI is InChI=1S/C15H18F3N5O4S/c1-22-9-3-2-8(28(25,26)21-15(7-16)4-5-15)6-10(9)23(14(22)24)13-20-19-12(27-13)11(17)18/h2-3,6,11-13,19-21H,4-5,7H2,1H3. The Bertz CT molecular complexity index is 1080. The summed E-state index contributed by atoms with van der Waals surface area (Å²) in [4.78, 5) is 12.4. The van der Waals surface area contributed by atoms with Crippen molar-refractivity contribution in [1.82, 2.24) is 24.7 Å². The Labute approximate surface area is 157 Å². The van der Waals surface area contributed by atoms with Gasteiger partial charge in [0.1, 0.15) is 6.67 Å². The molecule has 2 aromatic rings. The molecule has 0 bridgehead atoms. The van der Waals surface area contributed by atoms with Gasteiger partial charge >= 0.3 is 5.69 Å². The summed E-state index contributed by atoms with van der Waals surface area (Å²) in [6.07, 6.45) is -4.91. The number of sulfonamides is 1. The number of hydrazine groups is 1. The van der Waals surface area contributed by atoms with E-state index in [0.717, 1.165) is 4.57 Å². The molecule has 9 nitrogen and oxygen atoms in total. The molecule has 1 aromatic heterocycles. The Morgan fingerprint density at radius 2 is 2.04 bits per heavy atom. The number of ether oxygens (including phenoxy) is 1. The van der Waals surface area contributed by atoms with E-state index in [1.54, 1.807) is 0 Å². The Morgan fingerprint density at radius 1 is 1.32 bits per heavy atom. The summed E-state index contributed by atoms with van der Waals surface area (Å²) >= 11 is 0. The van der Waals surface area contributed by atoms with Crippen molar-refractivity contribution >= 4 is 21.1 Å². The molecule has 2 fully saturated rings. The second-order valence-corrected chi connectivity index (χ2v) is 8.60. The molecular weight excluding hydrogens is 403 g/mol. The van der Waals surface area contributed by atoms with Gasteiger partial charge in [0, 0.05) is 7.05 Å². The van der Waals surface area contributed by atoms with Gasteiger partial charge in [0.25, 0.3) is 6.43 Å². The van der Waals surface area contributed by atoms with Crippen LogP contribution in [-0.4, -0.2) is 42.4 Å². The SMILES string of the molecule is Cn1c(=O)n(C2NNC(C(F)F)O2)c2cc(S(=O)(=O)NC3(CF)CC3)ccc21. The Kier molecular flexibility index (Phi) is 4.54. The summed E-state index contributed by atoms with van der Waals surface area (Å²) in [5, 5.41) is 0. The summed E-state index contributed by atoms with van der Waals surface area (Å²) in [6, 6.07) is 3.95. The maximum absolute atomic E-state index is 13.1. The van der Waals surface area contributed by atoms with E-state index in [1.807, 2.05) is 0 Å². The summed E-state index contributed by atoms with van der Waals surface area (Å²) in [5.41, 5.74) is 3.56. The van der Waals surface area contributed by atoms with E-state index >= 15 is 0 Å². The fourth-order valence-electron chi connectivity index (χ4n) is 3.11. The van der Waals surface area contributed by atoms with Gasteiger partial charge in [0.05, 0.1) is 21.5 Å². The highest BCUT2D eigenvalue weighted by Crippen LogP contribution is 2.37. The summed E-state index contributed by atoms with van der Waals surface area (Å²) in [7, 11) is -2.58. The average Bonchev–Trinajstić information content (AvgIpc) is 3.15. The Hall–Kier alpha value is -1.93. The highest BCUT2D eigenvalue weighted by atomic mass is 32.2. The van der Waals surface area contributed by atoms with Crippen molar-refractivity contribution in [2.24, 2.45) is 7.05 Å². The van der Waals surface area contributed by atoms with Crippen LogP contribution in [0.5, 0.6) is 0 Å². The van der Waals surface area contributed by atoms with Gasteiger partial charge in [-0.3, -0.25) is 9.13 Å². The number of aromatic nitrogens is 2. The van der Waals surface area contributed by atoms with E-state index in [4.69, 9.17) is 4.74 Å².